The van der Waals surface area contributed by atoms with E-state index in [1.165, 1.54) is 18.3 Å². The van der Waals surface area contributed by atoms with E-state index in [0.29, 0.717) is 34.9 Å². The molecule has 0 unspecified atom stereocenters. The summed E-state index contributed by atoms with van der Waals surface area (Å²) in [6, 6.07) is 0. The van der Waals surface area contributed by atoms with E-state index in [1.807, 2.05) is 0 Å². The zero-order chi connectivity index (χ0) is 17.8. The molecular formula is C15H20FN5O3S. The molecule has 8 nitrogen and oxygen atoms in total. The predicted molar refractivity (Wildman–Crippen MR) is 88.5 cm³/mol. The molecule has 1 amide bonds. The number of hydrogen-bond donors (Lipinski definition) is 1. The summed E-state index contributed by atoms with van der Waals surface area (Å²) in [6.07, 6.45) is 1.85. The van der Waals surface area contributed by atoms with Crippen molar-refractivity contribution in [1.82, 2.24) is 20.0 Å². The van der Waals surface area contributed by atoms with Crippen LogP contribution in [0.5, 0.6) is 0 Å². The highest BCUT2D eigenvalue weighted by Gasteiger charge is 2.22. The molecule has 0 radical (unpaired) electrons. The molecule has 1 aliphatic rings. The smallest absolute Gasteiger partial charge is 0.230 e. The van der Waals surface area contributed by atoms with Crippen molar-refractivity contribution in [3.8, 4) is 0 Å². The van der Waals surface area contributed by atoms with E-state index in [2.05, 4.69) is 25.3 Å². The van der Waals surface area contributed by atoms with Crippen molar-refractivity contribution in [2.24, 2.45) is 0 Å². The van der Waals surface area contributed by atoms with Crippen LogP contribution in [0.1, 0.15) is 36.4 Å². The lowest BCUT2D eigenvalue weighted by atomic mass is 10.1. The number of likely N-dealkylation sites (tertiary alicyclic amines) is 1. The van der Waals surface area contributed by atoms with Gasteiger partial charge in [0.15, 0.2) is 11.0 Å². The molecule has 3 heterocycles. The van der Waals surface area contributed by atoms with Gasteiger partial charge in [0.2, 0.25) is 17.7 Å². The van der Waals surface area contributed by atoms with Crippen LogP contribution >= 0.6 is 11.3 Å². The number of ether oxygens (including phenoxy) is 1. The van der Waals surface area contributed by atoms with Crippen molar-refractivity contribution >= 4 is 22.4 Å². The van der Waals surface area contributed by atoms with Gasteiger partial charge in [-0.25, -0.2) is 0 Å². The molecule has 0 bridgehead atoms. The Morgan fingerprint density at radius 1 is 1.44 bits per heavy atom. The Bertz CT molecular complexity index is 727. The topological polar surface area (TPSA) is 93.4 Å². The maximum absolute atomic E-state index is 13.9. The number of piperidine rings is 1. The molecule has 0 atom stereocenters. The van der Waals surface area contributed by atoms with Crippen LogP contribution in [-0.2, 0) is 22.7 Å². The van der Waals surface area contributed by atoms with Crippen LogP contribution in [0.15, 0.2) is 4.52 Å². The molecule has 2 aromatic rings. The minimum absolute atomic E-state index is 0.135. The van der Waals surface area contributed by atoms with Crippen molar-refractivity contribution in [3.63, 3.8) is 0 Å². The molecule has 1 saturated heterocycles. The van der Waals surface area contributed by atoms with Crippen LogP contribution < -0.4 is 5.32 Å². The van der Waals surface area contributed by atoms with Gasteiger partial charge in [-0.2, -0.15) is 14.4 Å². The van der Waals surface area contributed by atoms with E-state index in [1.54, 1.807) is 6.92 Å². The van der Waals surface area contributed by atoms with Crippen LogP contribution in [0.2, 0.25) is 0 Å². The number of nitrogens with one attached hydrogen (secondary N) is 1. The van der Waals surface area contributed by atoms with Crippen LogP contribution in [0.25, 0.3) is 0 Å². The second kappa shape index (κ2) is 7.98. The molecule has 2 aromatic heterocycles. The number of aryl methyl sites for hydroxylation is 1. The lowest BCUT2D eigenvalue weighted by Gasteiger charge is -2.31. The Morgan fingerprint density at radius 3 is 2.84 bits per heavy atom. The molecule has 0 aliphatic carbocycles. The molecule has 1 aliphatic heterocycles. The van der Waals surface area contributed by atoms with Gasteiger partial charge in [0.25, 0.3) is 0 Å². The quantitative estimate of drug-likeness (QED) is 0.833. The molecule has 0 aromatic carbocycles. The second-order valence-corrected chi connectivity index (χ2v) is 7.01. The predicted octanol–water partition coefficient (Wildman–Crippen LogP) is 2.11. The molecule has 136 valence electrons. The van der Waals surface area contributed by atoms with Gasteiger partial charge in [0.05, 0.1) is 11.0 Å². The minimum Gasteiger partial charge on any atom is -0.370 e. The maximum Gasteiger partial charge on any atom is 0.230 e. The maximum atomic E-state index is 13.9. The first-order chi connectivity index (χ1) is 12.0. The third-order valence-corrected chi connectivity index (χ3v) is 4.78. The SMILES string of the molecule is CC(=O)Nc1nc(F)c(CN2CCC(OCc3noc(C)n3)CC2)s1. The number of hydrogen-bond acceptors (Lipinski definition) is 8. The molecule has 25 heavy (non-hydrogen) atoms. The van der Waals surface area contributed by atoms with Gasteiger partial charge in [-0.05, 0) is 12.8 Å². The molecular weight excluding hydrogens is 349 g/mol. The Balaban J connectivity index is 1.44. The van der Waals surface area contributed by atoms with E-state index in [9.17, 15) is 9.18 Å². The van der Waals surface area contributed by atoms with Crippen LogP contribution in [0, 0.1) is 12.9 Å². The van der Waals surface area contributed by atoms with E-state index < -0.39 is 5.95 Å². The van der Waals surface area contributed by atoms with Gasteiger partial charge in [0, 0.05) is 33.5 Å². The molecule has 3 rings (SSSR count). The monoisotopic (exact) mass is 369 g/mol. The fourth-order valence-electron chi connectivity index (χ4n) is 2.66. The van der Waals surface area contributed by atoms with Crippen molar-refractivity contribution in [1.29, 1.82) is 0 Å². The summed E-state index contributed by atoms with van der Waals surface area (Å²) in [5, 5.41) is 6.62. The zero-order valence-corrected chi connectivity index (χ0v) is 14.9. The van der Waals surface area contributed by atoms with Crippen molar-refractivity contribution in [2.75, 3.05) is 18.4 Å². The average Bonchev–Trinajstić information content (AvgIpc) is 3.12. The molecule has 0 saturated carbocycles. The summed E-state index contributed by atoms with van der Waals surface area (Å²) in [7, 11) is 0. The summed E-state index contributed by atoms with van der Waals surface area (Å²) in [4.78, 5) is 21.6. The average molecular weight is 369 g/mol. The summed E-state index contributed by atoms with van der Waals surface area (Å²) in [5.74, 6) is 0.311. The highest BCUT2D eigenvalue weighted by molar-refractivity contribution is 7.15. The number of carbonyl (C=O) groups excluding carboxylic acids is 1. The summed E-state index contributed by atoms with van der Waals surface area (Å²) in [5.41, 5.74) is 0. The number of amides is 1. The fraction of sp³-hybridized carbons (Fsp3) is 0.600. The largest absolute Gasteiger partial charge is 0.370 e. The summed E-state index contributed by atoms with van der Waals surface area (Å²) >= 11 is 1.17. The first kappa shape index (κ1) is 17.9. The van der Waals surface area contributed by atoms with E-state index in [0.717, 1.165) is 25.9 Å². The third kappa shape index (κ3) is 5.03. The van der Waals surface area contributed by atoms with Gasteiger partial charge >= 0.3 is 0 Å². The van der Waals surface area contributed by atoms with Gasteiger partial charge in [-0.3, -0.25) is 9.69 Å². The molecule has 0 spiro atoms. The van der Waals surface area contributed by atoms with E-state index in [4.69, 9.17) is 9.26 Å². The summed E-state index contributed by atoms with van der Waals surface area (Å²) < 4.78 is 24.6. The number of aromatic nitrogens is 3. The number of rotatable bonds is 6. The Morgan fingerprint density at radius 2 is 2.20 bits per heavy atom. The standard InChI is InChI=1S/C15H20FN5O3S/c1-9(22)17-15-19-14(16)12(25-15)7-21-5-3-11(4-6-21)23-8-13-18-10(2)24-20-13/h11H,3-8H2,1-2H3,(H,17,19,22). The lowest BCUT2D eigenvalue weighted by Crippen LogP contribution is -2.36. The van der Waals surface area contributed by atoms with Crippen LogP contribution in [0.3, 0.4) is 0 Å². The van der Waals surface area contributed by atoms with E-state index in [-0.39, 0.29) is 12.0 Å². The van der Waals surface area contributed by atoms with Crippen molar-refractivity contribution in [3.05, 3.63) is 22.5 Å². The first-order valence-corrected chi connectivity index (χ1v) is 8.87. The van der Waals surface area contributed by atoms with Gasteiger partial charge in [-0.1, -0.05) is 16.5 Å². The van der Waals surface area contributed by atoms with Crippen LogP contribution in [-0.4, -0.2) is 45.1 Å². The highest BCUT2D eigenvalue weighted by Crippen LogP contribution is 2.25. The molecule has 1 N–H and O–H groups in total. The zero-order valence-electron chi connectivity index (χ0n) is 14.1. The second-order valence-electron chi connectivity index (χ2n) is 5.93. The Kier molecular flexibility index (Phi) is 5.71. The Hall–Kier alpha value is -1.91. The minimum atomic E-state index is -0.514. The number of halogens is 1. The van der Waals surface area contributed by atoms with Crippen LogP contribution in [0.4, 0.5) is 9.52 Å². The van der Waals surface area contributed by atoms with E-state index >= 15 is 0 Å². The highest BCUT2D eigenvalue weighted by atomic mass is 32.1. The number of anilines is 1. The first-order valence-electron chi connectivity index (χ1n) is 8.05. The van der Waals surface area contributed by atoms with Crippen molar-refractivity contribution in [2.45, 2.75) is 45.9 Å². The van der Waals surface area contributed by atoms with Crippen molar-refractivity contribution < 1.29 is 18.4 Å². The summed E-state index contributed by atoms with van der Waals surface area (Å²) in [6.45, 7) is 5.56. The normalized spacial score (nSPS) is 16.3. The van der Waals surface area contributed by atoms with Gasteiger partial charge in [-0.15, -0.1) is 0 Å². The third-order valence-electron chi connectivity index (χ3n) is 3.85. The van der Waals surface area contributed by atoms with Gasteiger partial charge in [0.1, 0.15) is 6.61 Å². The Labute approximate surface area is 148 Å². The molecule has 10 heteroatoms. The number of nitrogens with zero attached hydrogens (tertiary/aromatic N) is 4. The van der Waals surface area contributed by atoms with Gasteiger partial charge < -0.3 is 14.6 Å². The number of thiazole rings is 1. The lowest BCUT2D eigenvalue weighted by molar-refractivity contribution is -0.114. The fourth-order valence-corrected chi connectivity index (χ4v) is 3.60. The number of carbonyl (C=O) groups is 1. The molecule has 1 fully saturated rings.